The molecule has 3 aliphatic rings. The lowest BCUT2D eigenvalue weighted by atomic mass is 10.0. The normalized spacial score (nSPS) is 19.1. The molecule has 0 atom stereocenters. The summed E-state index contributed by atoms with van der Waals surface area (Å²) in [6.07, 6.45) is 7.82. The SMILES string of the molecule is O=C(Nc1ccc(OC2CCN(C(=O)C3CCCC3)CC2)nc1)N1Cc2ccccc2C1. The van der Waals surface area contributed by atoms with Gasteiger partial charge >= 0.3 is 6.03 Å². The fraction of sp³-hybridized carbons (Fsp3) is 0.480. The molecule has 168 valence electrons. The molecule has 3 amide bonds. The number of piperidine rings is 1. The number of nitrogens with one attached hydrogen (secondary N) is 1. The van der Waals surface area contributed by atoms with E-state index in [2.05, 4.69) is 22.4 Å². The number of benzene rings is 1. The predicted molar refractivity (Wildman–Crippen MR) is 121 cm³/mol. The van der Waals surface area contributed by atoms with Crippen LogP contribution in [0.5, 0.6) is 5.88 Å². The Morgan fingerprint density at radius 1 is 0.906 bits per heavy atom. The zero-order chi connectivity index (χ0) is 21.9. The highest BCUT2D eigenvalue weighted by Gasteiger charge is 2.30. The molecule has 1 saturated carbocycles. The van der Waals surface area contributed by atoms with Crippen LogP contribution in [0.15, 0.2) is 42.6 Å². The third-order valence-electron chi connectivity index (χ3n) is 6.86. The van der Waals surface area contributed by atoms with E-state index in [0.717, 1.165) is 38.8 Å². The number of hydrogen-bond acceptors (Lipinski definition) is 4. The summed E-state index contributed by atoms with van der Waals surface area (Å²) in [5.74, 6) is 1.13. The van der Waals surface area contributed by atoms with E-state index in [1.165, 1.54) is 24.0 Å². The number of hydrogen-bond donors (Lipinski definition) is 1. The average molecular weight is 435 g/mol. The minimum Gasteiger partial charge on any atom is -0.474 e. The number of likely N-dealkylation sites (tertiary alicyclic amines) is 1. The van der Waals surface area contributed by atoms with Gasteiger partial charge in [0.2, 0.25) is 11.8 Å². The number of rotatable bonds is 4. The van der Waals surface area contributed by atoms with Crippen molar-refractivity contribution in [1.29, 1.82) is 0 Å². The Bertz CT molecular complexity index is 938. The lowest BCUT2D eigenvalue weighted by Crippen LogP contribution is -2.44. The van der Waals surface area contributed by atoms with Crippen LogP contribution in [0.4, 0.5) is 10.5 Å². The summed E-state index contributed by atoms with van der Waals surface area (Å²) in [5.41, 5.74) is 3.04. The van der Waals surface area contributed by atoms with E-state index in [1.54, 1.807) is 17.2 Å². The number of nitrogens with zero attached hydrogens (tertiary/aromatic N) is 3. The van der Waals surface area contributed by atoms with E-state index >= 15 is 0 Å². The van der Waals surface area contributed by atoms with Gasteiger partial charge in [-0.05, 0) is 30.0 Å². The van der Waals surface area contributed by atoms with Crippen molar-refractivity contribution in [3.05, 3.63) is 53.7 Å². The number of ether oxygens (including phenoxy) is 1. The summed E-state index contributed by atoms with van der Waals surface area (Å²) in [4.78, 5) is 33.3. The Balaban J connectivity index is 1.09. The first-order valence-electron chi connectivity index (χ1n) is 11.7. The van der Waals surface area contributed by atoms with E-state index in [1.807, 2.05) is 23.1 Å². The number of carbonyl (C=O) groups is 2. The van der Waals surface area contributed by atoms with Gasteiger partial charge in [-0.25, -0.2) is 9.78 Å². The average Bonchev–Trinajstić information content (AvgIpc) is 3.51. The Labute approximate surface area is 188 Å². The van der Waals surface area contributed by atoms with Gasteiger partial charge in [0.15, 0.2) is 0 Å². The van der Waals surface area contributed by atoms with E-state index in [-0.39, 0.29) is 18.1 Å². The molecule has 2 aromatic rings. The Kier molecular flexibility index (Phi) is 5.97. The second-order valence-electron chi connectivity index (χ2n) is 9.06. The molecule has 1 aliphatic carbocycles. The van der Waals surface area contributed by atoms with Crippen LogP contribution in [-0.2, 0) is 17.9 Å². The quantitative estimate of drug-likeness (QED) is 0.783. The molecule has 2 fully saturated rings. The maximum atomic E-state index is 12.6. The number of carbonyl (C=O) groups excluding carboxylic acids is 2. The first kappa shape index (κ1) is 20.8. The van der Waals surface area contributed by atoms with Gasteiger partial charge in [-0.1, -0.05) is 37.1 Å². The predicted octanol–water partition coefficient (Wildman–Crippen LogP) is 4.19. The van der Waals surface area contributed by atoms with Crippen LogP contribution in [0, 0.1) is 5.92 Å². The van der Waals surface area contributed by atoms with Crippen molar-refractivity contribution in [3.8, 4) is 5.88 Å². The van der Waals surface area contributed by atoms with Crippen molar-refractivity contribution >= 4 is 17.6 Å². The molecule has 1 aromatic heterocycles. The van der Waals surface area contributed by atoms with Crippen molar-refractivity contribution in [1.82, 2.24) is 14.8 Å². The molecule has 0 spiro atoms. The van der Waals surface area contributed by atoms with E-state index in [0.29, 0.717) is 30.6 Å². The fourth-order valence-electron chi connectivity index (χ4n) is 5.00. The molecule has 1 saturated heterocycles. The first-order chi connectivity index (χ1) is 15.7. The van der Waals surface area contributed by atoms with Crippen LogP contribution in [0.3, 0.4) is 0 Å². The molecule has 5 rings (SSSR count). The van der Waals surface area contributed by atoms with Gasteiger partial charge in [0, 0.05) is 51.0 Å². The maximum Gasteiger partial charge on any atom is 0.322 e. The second-order valence-corrected chi connectivity index (χ2v) is 9.06. The van der Waals surface area contributed by atoms with Crippen LogP contribution in [0.1, 0.15) is 49.7 Å². The Morgan fingerprint density at radius 2 is 1.59 bits per heavy atom. The van der Waals surface area contributed by atoms with Gasteiger partial charge in [0.05, 0.1) is 11.9 Å². The van der Waals surface area contributed by atoms with Crippen molar-refractivity contribution in [2.75, 3.05) is 18.4 Å². The third kappa shape index (κ3) is 4.56. The minimum atomic E-state index is -0.129. The summed E-state index contributed by atoms with van der Waals surface area (Å²) < 4.78 is 6.04. The van der Waals surface area contributed by atoms with E-state index in [9.17, 15) is 9.59 Å². The molecular weight excluding hydrogens is 404 g/mol. The molecule has 32 heavy (non-hydrogen) atoms. The van der Waals surface area contributed by atoms with Crippen molar-refractivity contribution in [2.45, 2.75) is 57.7 Å². The van der Waals surface area contributed by atoms with Crippen LogP contribution >= 0.6 is 0 Å². The minimum absolute atomic E-state index is 0.0682. The Hall–Kier alpha value is -3.09. The number of urea groups is 1. The topological polar surface area (TPSA) is 74.8 Å². The smallest absolute Gasteiger partial charge is 0.322 e. The summed E-state index contributed by atoms with van der Waals surface area (Å²) >= 11 is 0. The van der Waals surface area contributed by atoms with Gasteiger partial charge in [-0.2, -0.15) is 0 Å². The highest BCUT2D eigenvalue weighted by molar-refractivity contribution is 5.89. The molecule has 7 heteroatoms. The van der Waals surface area contributed by atoms with Crippen LogP contribution < -0.4 is 10.1 Å². The molecule has 1 N–H and O–H groups in total. The van der Waals surface area contributed by atoms with Crippen LogP contribution in [0.25, 0.3) is 0 Å². The fourth-order valence-corrected chi connectivity index (χ4v) is 5.00. The lowest BCUT2D eigenvalue weighted by molar-refractivity contribution is -0.137. The molecule has 3 heterocycles. The highest BCUT2D eigenvalue weighted by Crippen LogP contribution is 2.28. The Morgan fingerprint density at radius 3 is 2.22 bits per heavy atom. The van der Waals surface area contributed by atoms with Gasteiger partial charge in [-0.15, -0.1) is 0 Å². The molecular formula is C25H30N4O3. The number of amides is 3. The monoisotopic (exact) mass is 434 g/mol. The number of anilines is 1. The number of pyridine rings is 1. The lowest BCUT2D eigenvalue weighted by Gasteiger charge is -2.33. The zero-order valence-corrected chi connectivity index (χ0v) is 18.3. The van der Waals surface area contributed by atoms with E-state index in [4.69, 9.17) is 4.74 Å². The van der Waals surface area contributed by atoms with Crippen LogP contribution in [-0.4, -0.2) is 45.9 Å². The van der Waals surface area contributed by atoms with E-state index < -0.39 is 0 Å². The molecule has 2 aliphatic heterocycles. The molecule has 0 unspecified atom stereocenters. The summed E-state index contributed by atoms with van der Waals surface area (Å²) in [6, 6.07) is 11.6. The molecule has 7 nitrogen and oxygen atoms in total. The van der Waals surface area contributed by atoms with Crippen molar-refractivity contribution in [3.63, 3.8) is 0 Å². The van der Waals surface area contributed by atoms with Crippen LogP contribution in [0.2, 0.25) is 0 Å². The second kappa shape index (κ2) is 9.18. The molecule has 0 bridgehead atoms. The summed E-state index contributed by atoms with van der Waals surface area (Å²) in [7, 11) is 0. The number of aromatic nitrogens is 1. The van der Waals surface area contributed by atoms with Crippen molar-refractivity contribution < 1.29 is 14.3 Å². The summed E-state index contributed by atoms with van der Waals surface area (Å²) in [6.45, 7) is 2.76. The highest BCUT2D eigenvalue weighted by atomic mass is 16.5. The van der Waals surface area contributed by atoms with Crippen molar-refractivity contribution in [2.24, 2.45) is 5.92 Å². The van der Waals surface area contributed by atoms with Gasteiger partial charge in [0.25, 0.3) is 0 Å². The standard InChI is InChI=1S/C25H30N4O3/c30-24(18-5-1-2-6-18)28-13-11-22(12-14-28)32-23-10-9-21(15-26-23)27-25(31)29-16-19-7-3-4-8-20(19)17-29/h3-4,7-10,15,18,22H,1-2,5-6,11-14,16-17H2,(H,27,31). The van der Waals surface area contributed by atoms with Gasteiger partial charge < -0.3 is 19.9 Å². The molecule has 1 aromatic carbocycles. The first-order valence-corrected chi connectivity index (χ1v) is 11.7. The number of fused-ring (bicyclic) bond motifs is 1. The third-order valence-corrected chi connectivity index (χ3v) is 6.86. The maximum absolute atomic E-state index is 12.6. The van der Waals surface area contributed by atoms with Gasteiger partial charge in [-0.3, -0.25) is 4.79 Å². The largest absolute Gasteiger partial charge is 0.474 e. The summed E-state index contributed by atoms with van der Waals surface area (Å²) in [5, 5.41) is 2.92. The zero-order valence-electron chi connectivity index (χ0n) is 18.3. The van der Waals surface area contributed by atoms with Gasteiger partial charge in [0.1, 0.15) is 6.10 Å². The molecule has 0 radical (unpaired) electrons.